The van der Waals surface area contributed by atoms with Crippen LogP contribution in [0.1, 0.15) is 37.2 Å². The largest absolute Gasteiger partial charge is 0.390 e. The highest BCUT2D eigenvalue weighted by Crippen LogP contribution is 2.34. The Morgan fingerprint density at radius 3 is 2.83 bits per heavy atom. The van der Waals surface area contributed by atoms with Crippen molar-refractivity contribution in [3.05, 3.63) is 66.1 Å². The Labute approximate surface area is 203 Å². The van der Waals surface area contributed by atoms with Gasteiger partial charge >= 0.3 is 0 Å². The van der Waals surface area contributed by atoms with Gasteiger partial charge in [-0.1, -0.05) is 25.5 Å². The molecule has 4 aromatic rings. The van der Waals surface area contributed by atoms with Crippen LogP contribution in [-0.4, -0.2) is 50.5 Å². The summed E-state index contributed by atoms with van der Waals surface area (Å²) in [6.45, 7) is 2.89. The van der Waals surface area contributed by atoms with Crippen LogP contribution < -0.4 is 10.6 Å². The monoisotopic (exact) mass is 472 g/mol. The lowest BCUT2D eigenvalue weighted by molar-refractivity contribution is -0.125. The van der Waals surface area contributed by atoms with Gasteiger partial charge in [0.05, 0.1) is 47.7 Å². The zero-order valence-corrected chi connectivity index (χ0v) is 19.6. The molecule has 1 unspecified atom stereocenters. The summed E-state index contributed by atoms with van der Waals surface area (Å²) in [7, 11) is 0. The number of nitrogens with two attached hydrogens (primary N) is 1. The first-order valence-electron chi connectivity index (χ1n) is 11.8. The van der Waals surface area contributed by atoms with Crippen LogP contribution in [0.3, 0.4) is 0 Å². The SMILES string of the molecule is CCCC(N)c1cccc(-c2cc(N3CCOCC3=O)c3cnn(-c4cccc(CO)n4)c3c2)n1. The molecule has 1 saturated heterocycles. The van der Waals surface area contributed by atoms with Crippen molar-refractivity contribution in [3.8, 4) is 17.1 Å². The summed E-state index contributed by atoms with van der Waals surface area (Å²) in [6.07, 6.45) is 3.57. The first-order valence-corrected chi connectivity index (χ1v) is 11.8. The fourth-order valence-electron chi connectivity index (χ4n) is 4.39. The molecule has 3 N–H and O–H groups in total. The van der Waals surface area contributed by atoms with Gasteiger partial charge in [0.25, 0.3) is 5.91 Å². The lowest BCUT2D eigenvalue weighted by atomic mass is 10.0. The van der Waals surface area contributed by atoms with E-state index in [9.17, 15) is 9.90 Å². The number of anilines is 1. The lowest BCUT2D eigenvalue weighted by Gasteiger charge is -2.28. The Bertz CT molecular complexity index is 1370. The molecule has 0 aliphatic carbocycles. The Morgan fingerprint density at radius 1 is 1.17 bits per heavy atom. The van der Waals surface area contributed by atoms with Gasteiger partial charge in [-0.2, -0.15) is 5.10 Å². The van der Waals surface area contributed by atoms with E-state index in [0.29, 0.717) is 24.7 Å². The van der Waals surface area contributed by atoms with E-state index in [1.165, 1.54) is 0 Å². The average molecular weight is 473 g/mol. The minimum Gasteiger partial charge on any atom is -0.390 e. The van der Waals surface area contributed by atoms with Crippen LogP contribution in [0.15, 0.2) is 54.7 Å². The molecule has 1 fully saturated rings. The number of aliphatic hydroxyl groups excluding tert-OH is 1. The maximum Gasteiger partial charge on any atom is 0.253 e. The van der Waals surface area contributed by atoms with E-state index in [1.807, 2.05) is 42.5 Å². The topological polar surface area (TPSA) is 119 Å². The number of nitrogens with zero attached hydrogens (tertiary/aromatic N) is 5. The minimum absolute atomic E-state index is 0.0412. The summed E-state index contributed by atoms with van der Waals surface area (Å²) in [4.78, 5) is 23.9. The Balaban J connectivity index is 1.70. The van der Waals surface area contributed by atoms with Crippen LogP contribution in [0.5, 0.6) is 0 Å². The van der Waals surface area contributed by atoms with Gasteiger partial charge in [-0.25, -0.2) is 9.67 Å². The molecule has 1 aliphatic rings. The van der Waals surface area contributed by atoms with Gasteiger partial charge in [-0.05, 0) is 42.8 Å². The average Bonchev–Trinajstić information content (AvgIpc) is 3.33. The van der Waals surface area contributed by atoms with Crippen molar-refractivity contribution in [2.45, 2.75) is 32.4 Å². The summed E-state index contributed by atoms with van der Waals surface area (Å²) in [5.41, 5.74) is 10.9. The Kier molecular flexibility index (Phi) is 6.54. The molecule has 35 heavy (non-hydrogen) atoms. The molecule has 0 bridgehead atoms. The van der Waals surface area contributed by atoms with E-state index in [-0.39, 0.29) is 25.2 Å². The summed E-state index contributed by atoms with van der Waals surface area (Å²) in [5, 5.41) is 15.0. The third-order valence-electron chi connectivity index (χ3n) is 6.16. The van der Waals surface area contributed by atoms with Crippen LogP contribution in [0.4, 0.5) is 5.69 Å². The number of morpholine rings is 1. The number of hydrogen-bond acceptors (Lipinski definition) is 7. The standard InChI is InChI=1S/C26H28N6O3/c1-2-5-20(27)22-8-4-7-21(30-22)17-12-23(31-10-11-35-16-26(31)34)19-14-28-32(24(19)13-17)25-9-3-6-18(15-33)29-25/h3-4,6-9,12-14,20,33H,2,5,10-11,15-16,27H2,1H3. The zero-order valence-electron chi connectivity index (χ0n) is 19.6. The predicted octanol–water partition coefficient (Wildman–Crippen LogP) is 3.14. The van der Waals surface area contributed by atoms with Crippen LogP contribution in [0.25, 0.3) is 28.0 Å². The fraction of sp³-hybridized carbons (Fsp3) is 0.308. The highest BCUT2D eigenvalue weighted by Gasteiger charge is 2.25. The molecule has 1 amide bonds. The predicted molar refractivity (Wildman–Crippen MR) is 133 cm³/mol. The van der Waals surface area contributed by atoms with Crippen molar-refractivity contribution in [1.29, 1.82) is 0 Å². The number of pyridine rings is 2. The van der Waals surface area contributed by atoms with Crippen LogP contribution in [-0.2, 0) is 16.1 Å². The van der Waals surface area contributed by atoms with E-state index in [4.69, 9.17) is 15.5 Å². The van der Waals surface area contributed by atoms with Crippen LogP contribution >= 0.6 is 0 Å². The van der Waals surface area contributed by atoms with Gasteiger partial charge < -0.3 is 20.5 Å². The van der Waals surface area contributed by atoms with Gasteiger partial charge in [0.2, 0.25) is 0 Å². The number of amides is 1. The van der Waals surface area contributed by atoms with Gasteiger partial charge in [-0.15, -0.1) is 0 Å². The number of rotatable bonds is 7. The molecule has 9 heteroatoms. The second-order valence-corrected chi connectivity index (χ2v) is 8.57. The first kappa shape index (κ1) is 23.1. The molecule has 0 spiro atoms. The molecular weight excluding hydrogens is 444 g/mol. The second-order valence-electron chi connectivity index (χ2n) is 8.57. The number of aliphatic hydroxyl groups is 1. The highest BCUT2D eigenvalue weighted by molar-refractivity contribution is 6.05. The summed E-state index contributed by atoms with van der Waals surface area (Å²) >= 11 is 0. The molecule has 0 radical (unpaired) electrons. The van der Waals surface area contributed by atoms with Gasteiger partial charge in [0, 0.05) is 23.5 Å². The second kappa shape index (κ2) is 9.91. The van der Waals surface area contributed by atoms with Gasteiger partial charge in [0.1, 0.15) is 6.61 Å². The van der Waals surface area contributed by atoms with E-state index < -0.39 is 0 Å². The summed E-state index contributed by atoms with van der Waals surface area (Å²) in [5.74, 6) is 0.476. The zero-order chi connectivity index (χ0) is 24.4. The Morgan fingerprint density at radius 2 is 2.03 bits per heavy atom. The lowest BCUT2D eigenvalue weighted by Crippen LogP contribution is -2.41. The fourth-order valence-corrected chi connectivity index (χ4v) is 4.39. The molecule has 0 saturated carbocycles. The highest BCUT2D eigenvalue weighted by atomic mass is 16.5. The summed E-state index contributed by atoms with van der Waals surface area (Å²) < 4.78 is 7.07. The van der Waals surface area contributed by atoms with Crippen molar-refractivity contribution in [2.75, 3.05) is 24.7 Å². The number of carbonyl (C=O) groups excluding carboxylic acids is 1. The molecule has 4 heterocycles. The van der Waals surface area contributed by atoms with Gasteiger partial charge in [0.15, 0.2) is 5.82 Å². The van der Waals surface area contributed by atoms with Crippen molar-refractivity contribution in [1.82, 2.24) is 19.7 Å². The molecule has 1 aromatic carbocycles. The number of benzene rings is 1. The van der Waals surface area contributed by atoms with Gasteiger partial charge in [-0.3, -0.25) is 9.78 Å². The van der Waals surface area contributed by atoms with E-state index >= 15 is 0 Å². The third kappa shape index (κ3) is 4.53. The van der Waals surface area contributed by atoms with E-state index in [0.717, 1.165) is 46.4 Å². The maximum atomic E-state index is 12.8. The molecule has 3 aromatic heterocycles. The van der Waals surface area contributed by atoms with Crippen LogP contribution in [0, 0.1) is 0 Å². The molecule has 5 rings (SSSR count). The number of carbonyl (C=O) groups is 1. The smallest absolute Gasteiger partial charge is 0.253 e. The summed E-state index contributed by atoms with van der Waals surface area (Å²) in [6, 6.07) is 15.1. The normalized spacial score (nSPS) is 15.1. The number of fused-ring (bicyclic) bond motifs is 1. The number of hydrogen-bond donors (Lipinski definition) is 2. The number of ether oxygens (including phenoxy) is 1. The number of aromatic nitrogens is 4. The van der Waals surface area contributed by atoms with Crippen molar-refractivity contribution in [2.24, 2.45) is 5.73 Å². The van der Waals surface area contributed by atoms with Crippen molar-refractivity contribution >= 4 is 22.5 Å². The van der Waals surface area contributed by atoms with E-state index in [1.54, 1.807) is 21.8 Å². The Hall–Kier alpha value is -3.66. The van der Waals surface area contributed by atoms with Crippen molar-refractivity contribution in [3.63, 3.8) is 0 Å². The van der Waals surface area contributed by atoms with Crippen molar-refractivity contribution < 1.29 is 14.6 Å². The molecule has 1 atom stereocenters. The minimum atomic E-state index is -0.166. The molecule has 180 valence electrons. The first-order chi connectivity index (χ1) is 17.1. The molecular formula is C26H28N6O3. The maximum absolute atomic E-state index is 12.8. The van der Waals surface area contributed by atoms with E-state index in [2.05, 4.69) is 17.0 Å². The van der Waals surface area contributed by atoms with Crippen LogP contribution in [0.2, 0.25) is 0 Å². The third-order valence-corrected chi connectivity index (χ3v) is 6.16. The quantitative estimate of drug-likeness (QED) is 0.424. The molecule has 9 nitrogen and oxygen atoms in total. The molecule has 1 aliphatic heterocycles.